The van der Waals surface area contributed by atoms with Crippen molar-refractivity contribution < 1.29 is 9.90 Å². The number of carbonyl (C=O) groups is 1. The molecular formula is C23H29N5O4. The van der Waals surface area contributed by atoms with Crippen LogP contribution in [0.4, 0.5) is 5.69 Å². The van der Waals surface area contributed by atoms with Gasteiger partial charge in [0, 0.05) is 39.2 Å². The predicted octanol–water partition coefficient (Wildman–Crippen LogP) is 2.51. The van der Waals surface area contributed by atoms with Crippen molar-refractivity contribution in [2.24, 2.45) is 5.10 Å². The van der Waals surface area contributed by atoms with Crippen LogP contribution in [0.25, 0.3) is 0 Å². The molecule has 1 fully saturated rings. The Balaban J connectivity index is 1.73. The summed E-state index contributed by atoms with van der Waals surface area (Å²) in [5.41, 5.74) is 0.863. The topological polar surface area (TPSA) is 111 Å². The van der Waals surface area contributed by atoms with Crippen LogP contribution in [-0.4, -0.2) is 45.4 Å². The fourth-order valence-corrected chi connectivity index (χ4v) is 4.68. The smallest absolute Gasteiger partial charge is 0.331 e. The first kappa shape index (κ1) is 21.9. The molecule has 170 valence electrons. The van der Waals surface area contributed by atoms with Gasteiger partial charge < -0.3 is 10.0 Å². The molecule has 0 bridgehead atoms. The Morgan fingerprint density at radius 1 is 1.12 bits per heavy atom. The van der Waals surface area contributed by atoms with E-state index in [9.17, 15) is 19.5 Å². The number of amides is 1. The Morgan fingerprint density at radius 3 is 2.38 bits per heavy atom. The molecule has 1 amide bonds. The van der Waals surface area contributed by atoms with Crippen LogP contribution >= 0.6 is 0 Å². The van der Waals surface area contributed by atoms with Crippen molar-refractivity contribution in [3.63, 3.8) is 0 Å². The molecule has 32 heavy (non-hydrogen) atoms. The van der Waals surface area contributed by atoms with Crippen LogP contribution in [0.2, 0.25) is 0 Å². The molecule has 9 heteroatoms. The molecular weight excluding hydrogens is 410 g/mol. The van der Waals surface area contributed by atoms with Gasteiger partial charge in [-0.3, -0.25) is 19.1 Å². The highest BCUT2D eigenvalue weighted by Gasteiger charge is 2.35. The monoisotopic (exact) mass is 439 g/mol. The highest BCUT2D eigenvalue weighted by molar-refractivity contribution is 6.04. The summed E-state index contributed by atoms with van der Waals surface area (Å²) >= 11 is 0. The maximum absolute atomic E-state index is 12.7. The number of nitrogens with one attached hydrogen (secondary N) is 1. The molecule has 9 nitrogen and oxygen atoms in total. The lowest BCUT2D eigenvalue weighted by atomic mass is 9.95. The summed E-state index contributed by atoms with van der Waals surface area (Å²) in [4.78, 5) is 41.9. The van der Waals surface area contributed by atoms with E-state index in [2.05, 4.69) is 10.1 Å². The summed E-state index contributed by atoms with van der Waals surface area (Å²) in [6.45, 7) is 1.42. The Morgan fingerprint density at radius 2 is 1.78 bits per heavy atom. The number of hydrogen-bond acceptors (Lipinski definition) is 6. The molecule has 2 aromatic rings. The van der Waals surface area contributed by atoms with Crippen molar-refractivity contribution >= 4 is 17.3 Å². The summed E-state index contributed by atoms with van der Waals surface area (Å²) < 4.78 is 1.29. The number of rotatable bonds is 4. The van der Waals surface area contributed by atoms with E-state index in [4.69, 9.17) is 0 Å². The van der Waals surface area contributed by atoms with Crippen LogP contribution in [-0.2, 0) is 4.79 Å². The number of H-pyrrole nitrogens is 1. The number of anilines is 1. The molecule has 0 unspecified atom stereocenters. The average Bonchev–Trinajstić information content (AvgIpc) is 3.19. The van der Waals surface area contributed by atoms with Gasteiger partial charge in [0.05, 0.1) is 11.8 Å². The normalized spacial score (nSPS) is 19.2. The summed E-state index contributed by atoms with van der Waals surface area (Å²) in [6, 6.07) is 7.22. The number of aromatic amines is 1. The fraction of sp³-hybridized carbons (Fsp3) is 0.478. The van der Waals surface area contributed by atoms with Crippen LogP contribution in [0.1, 0.15) is 68.7 Å². The van der Waals surface area contributed by atoms with Crippen LogP contribution in [0.5, 0.6) is 5.88 Å². The van der Waals surface area contributed by atoms with Gasteiger partial charge in [-0.15, -0.1) is 0 Å². The second-order valence-electron chi connectivity index (χ2n) is 8.74. The first-order valence-corrected chi connectivity index (χ1v) is 11.0. The van der Waals surface area contributed by atoms with E-state index in [1.54, 1.807) is 0 Å². The molecule has 2 aliphatic rings. The molecule has 1 aromatic heterocycles. The van der Waals surface area contributed by atoms with Gasteiger partial charge >= 0.3 is 5.69 Å². The van der Waals surface area contributed by atoms with Crippen molar-refractivity contribution in [2.75, 3.05) is 19.0 Å². The summed E-state index contributed by atoms with van der Waals surface area (Å²) in [5, 5.41) is 16.7. The highest BCUT2D eigenvalue weighted by atomic mass is 16.3. The lowest BCUT2D eigenvalue weighted by molar-refractivity contribution is -0.130. The van der Waals surface area contributed by atoms with E-state index < -0.39 is 17.3 Å². The summed E-state index contributed by atoms with van der Waals surface area (Å²) in [7, 11) is 3.90. The molecule has 1 saturated carbocycles. The minimum atomic E-state index is -0.689. The molecule has 2 heterocycles. The van der Waals surface area contributed by atoms with Crippen molar-refractivity contribution in [1.29, 1.82) is 0 Å². The van der Waals surface area contributed by atoms with E-state index in [0.717, 1.165) is 43.4 Å². The van der Waals surface area contributed by atoms with Gasteiger partial charge in [-0.1, -0.05) is 31.4 Å². The van der Waals surface area contributed by atoms with Crippen molar-refractivity contribution in [1.82, 2.24) is 14.6 Å². The second kappa shape index (κ2) is 8.64. The Labute approximate surface area is 186 Å². The molecule has 1 aliphatic heterocycles. The summed E-state index contributed by atoms with van der Waals surface area (Å²) in [6.07, 6.45) is 4.83. The van der Waals surface area contributed by atoms with Gasteiger partial charge in [0.15, 0.2) is 0 Å². The van der Waals surface area contributed by atoms with Crippen molar-refractivity contribution in [2.45, 2.75) is 57.5 Å². The number of nitrogens with zero attached hydrogens (tertiary/aromatic N) is 4. The van der Waals surface area contributed by atoms with Gasteiger partial charge in [-0.05, 0) is 30.5 Å². The zero-order valence-corrected chi connectivity index (χ0v) is 18.7. The fourth-order valence-electron chi connectivity index (χ4n) is 4.68. The van der Waals surface area contributed by atoms with Gasteiger partial charge in [-0.25, -0.2) is 9.80 Å². The predicted molar refractivity (Wildman–Crippen MR) is 122 cm³/mol. The van der Waals surface area contributed by atoms with Gasteiger partial charge in [0.25, 0.3) is 5.56 Å². The van der Waals surface area contributed by atoms with Crippen LogP contribution in [0.15, 0.2) is 39.0 Å². The second-order valence-corrected chi connectivity index (χ2v) is 8.74. The Bertz CT molecular complexity index is 1160. The van der Waals surface area contributed by atoms with Crippen LogP contribution in [0.3, 0.4) is 0 Å². The first-order valence-electron chi connectivity index (χ1n) is 11.0. The molecule has 0 spiro atoms. The molecule has 1 aliphatic carbocycles. The standard InChI is InChI=1S/C23H29N5O4/c1-14(29)28-19(15-9-11-16(12-10-15)26(2)3)13-18(25-28)20-21(30)24-23(32)27(22(20)31)17-7-5-4-6-8-17/h9-12,17,19,31H,4-8,13H2,1-3H3,(H,24,30,32)/t19-/m0/s1. The van der Waals surface area contributed by atoms with Crippen molar-refractivity contribution in [3.8, 4) is 5.88 Å². The van der Waals surface area contributed by atoms with Gasteiger partial charge in [-0.2, -0.15) is 5.10 Å². The molecule has 1 aromatic carbocycles. The quantitative estimate of drug-likeness (QED) is 0.760. The minimum absolute atomic E-state index is 0.0335. The highest BCUT2D eigenvalue weighted by Crippen LogP contribution is 2.36. The minimum Gasteiger partial charge on any atom is -0.494 e. The van der Waals surface area contributed by atoms with Gasteiger partial charge in [0.2, 0.25) is 11.8 Å². The molecule has 4 rings (SSSR count). The number of aromatic nitrogens is 2. The average molecular weight is 440 g/mol. The first-order chi connectivity index (χ1) is 15.3. The maximum Gasteiger partial charge on any atom is 0.331 e. The number of benzene rings is 1. The van der Waals surface area contributed by atoms with Crippen molar-refractivity contribution in [3.05, 3.63) is 56.2 Å². The third kappa shape index (κ3) is 3.94. The lowest BCUT2D eigenvalue weighted by Gasteiger charge is -2.25. The van der Waals surface area contributed by atoms with E-state index in [1.807, 2.05) is 43.3 Å². The molecule has 0 radical (unpaired) electrons. The van der Waals surface area contributed by atoms with E-state index in [-0.39, 0.29) is 29.8 Å². The number of hydrogen-bond donors (Lipinski definition) is 2. The molecule has 1 atom stereocenters. The largest absolute Gasteiger partial charge is 0.494 e. The molecule has 0 saturated heterocycles. The SMILES string of the molecule is CC(=O)N1N=C(c2c(O)n(C3CCCCC3)c(=O)[nH]c2=O)C[C@H]1c1ccc(N(C)C)cc1. The van der Waals surface area contributed by atoms with Crippen LogP contribution < -0.4 is 16.1 Å². The van der Waals surface area contributed by atoms with E-state index >= 15 is 0 Å². The third-order valence-corrected chi connectivity index (χ3v) is 6.37. The van der Waals surface area contributed by atoms with E-state index in [1.165, 1.54) is 16.5 Å². The Hall–Kier alpha value is -3.36. The number of carbonyl (C=O) groups excluding carboxylic acids is 1. The van der Waals surface area contributed by atoms with Gasteiger partial charge in [0.1, 0.15) is 5.56 Å². The lowest BCUT2D eigenvalue weighted by Crippen LogP contribution is -2.36. The number of hydrazone groups is 1. The Kier molecular flexibility index (Phi) is 5.90. The maximum atomic E-state index is 12.7. The van der Waals surface area contributed by atoms with E-state index in [0.29, 0.717) is 5.71 Å². The number of aromatic hydroxyl groups is 1. The third-order valence-electron chi connectivity index (χ3n) is 6.37. The zero-order valence-electron chi connectivity index (χ0n) is 18.7. The summed E-state index contributed by atoms with van der Waals surface area (Å²) in [5.74, 6) is -0.630. The zero-order chi connectivity index (χ0) is 23.0. The van der Waals surface area contributed by atoms with Crippen LogP contribution in [0, 0.1) is 0 Å². The molecule has 2 N–H and O–H groups in total.